The van der Waals surface area contributed by atoms with E-state index in [2.05, 4.69) is 57.0 Å². The van der Waals surface area contributed by atoms with Gasteiger partial charge >= 0.3 is 0 Å². The largest absolute Gasteiger partial charge is 0.392 e. The molecule has 5 heteroatoms. The number of hydrogen-bond donors (Lipinski definition) is 2. The van der Waals surface area contributed by atoms with Gasteiger partial charge in [-0.05, 0) is 55.1 Å². The lowest BCUT2D eigenvalue weighted by Crippen LogP contribution is -2.64. The van der Waals surface area contributed by atoms with E-state index in [9.17, 15) is 5.11 Å². The third-order valence-corrected chi connectivity index (χ3v) is 3.23. The topological polar surface area (TPSA) is 56.0 Å². The van der Waals surface area contributed by atoms with Gasteiger partial charge in [-0.2, -0.15) is 0 Å². The van der Waals surface area contributed by atoms with Crippen LogP contribution in [0.15, 0.2) is 0 Å². The zero-order valence-electron chi connectivity index (χ0n) is 11.6. The molecule has 0 aromatic carbocycles. The number of nitrogens with two attached hydrogens (primary N) is 1. The van der Waals surface area contributed by atoms with E-state index in [-0.39, 0.29) is 5.79 Å². The van der Waals surface area contributed by atoms with Gasteiger partial charge in [0.25, 0.3) is 0 Å². The van der Waals surface area contributed by atoms with Gasteiger partial charge in [0.1, 0.15) is 5.79 Å². The number of nitrogens with zero attached hydrogens (tertiary/aromatic N) is 3. The Morgan fingerprint density at radius 2 is 1.38 bits per heavy atom. The molecule has 0 amide bonds. The number of hydrogen-bond acceptors (Lipinski definition) is 5. The lowest BCUT2D eigenvalue weighted by molar-refractivity contribution is -0.119. The minimum absolute atomic E-state index is 0.184. The zero-order valence-corrected chi connectivity index (χ0v) is 11.6. The summed E-state index contributed by atoms with van der Waals surface area (Å²) in [5, 5.41) is 9.59. The van der Waals surface area contributed by atoms with Crippen LogP contribution in [-0.2, 0) is 0 Å². The van der Waals surface area contributed by atoms with Crippen molar-refractivity contribution in [3.63, 3.8) is 0 Å². The quantitative estimate of drug-likeness (QED) is 0.576. The molecule has 0 aromatic rings. The van der Waals surface area contributed by atoms with Crippen molar-refractivity contribution in [2.24, 2.45) is 5.73 Å². The molecule has 16 heavy (non-hydrogen) atoms. The first-order chi connectivity index (χ1) is 7.28. The third kappa shape index (κ3) is 3.40. The minimum atomic E-state index is -0.417. The monoisotopic (exact) mass is 232 g/mol. The molecule has 0 aliphatic heterocycles. The van der Waals surface area contributed by atoms with Crippen molar-refractivity contribution >= 4 is 0 Å². The summed E-state index contributed by atoms with van der Waals surface area (Å²) < 4.78 is 0. The second-order valence-electron chi connectivity index (χ2n) is 4.89. The van der Waals surface area contributed by atoms with E-state index in [1.54, 1.807) is 0 Å². The smallest absolute Gasteiger partial charge is 0.129 e. The van der Waals surface area contributed by atoms with Crippen LogP contribution in [0.4, 0.5) is 0 Å². The van der Waals surface area contributed by atoms with Crippen molar-refractivity contribution in [2.45, 2.75) is 24.7 Å². The first-order valence-electron chi connectivity index (χ1n) is 5.69. The highest BCUT2D eigenvalue weighted by Gasteiger charge is 2.37. The van der Waals surface area contributed by atoms with Crippen molar-refractivity contribution < 1.29 is 5.11 Å². The predicted octanol–water partition coefficient (Wildman–Crippen LogP) is -0.575. The van der Waals surface area contributed by atoms with Crippen LogP contribution in [0.2, 0.25) is 0 Å². The van der Waals surface area contributed by atoms with Gasteiger partial charge in [0, 0.05) is 6.54 Å². The molecule has 0 spiro atoms. The summed E-state index contributed by atoms with van der Waals surface area (Å²) in [5.41, 5.74) is 5.44. The maximum atomic E-state index is 9.59. The van der Waals surface area contributed by atoms with Crippen LogP contribution in [0.25, 0.3) is 0 Å². The third-order valence-electron chi connectivity index (χ3n) is 3.23. The number of aliphatic hydroxyl groups is 1. The highest BCUT2D eigenvalue weighted by Crippen LogP contribution is 2.24. The molecule has 1 unspecified atom stereocenters. The van der Waals surface area contributed by atoms with Gasteiger partial charge in [-0.15, -0.1) is 0 Å². The molecule has 1 atom stereocenters. The highest BCUT2D eigenvalue weighted by atomic mass is 16.3. The molecule has 0 rings (SSSR count). The Hall–Kier alpha value is -0.200. The van der Waals surface area contributed by atoms with Gasteiger partial charge in [0.05, 0.1) is 6.10 Å². The van der Waals surface area contributed by atoms with Crippen molar-refractivity contribution in [2.75, 3.05) is 48.8 Å². The molecule has 0 heterocycles. The Bertz CT molecular complexity index is 173. The van der Waals surface area contributed by atoms with E-state index in [1.807, 2.05) is 0 Å². The maximum absolute atomic E-state index is 9.59. The van der Waals surface area contributed by atoms with Crippen LogP contribution in [0.5, 0.6) is 0 Å². The van der Waals surface area contributed by atoms with Crippen molar-refractivity contribution in [3.8, 4) is 0 Å². The molecular formula is C11H28N4O. The molecule has 0 fully saturated rings. The van der Waals surface area contributed by atoms with Gasteiger partial charge in [-0.1, -0.05) is 0 Å². The van der Waals surface area contributed by atoms with E-state index in [0.29, 0.717) is 13.0 Å². The Morgan fingerprint density at radius 1 is 1.00 bits per heavy atom. The van der Waals surface area contributed by atoms with E-state index >= 15 is 0 Å². The van der Waals surface area contributed by atoms with Crippen LogP contribution in [0.3, 0.4) is 0 Å². The number of aliphatic hydroxyl groups excluding tert-OH is 1. The first-order valence-corrected chi connectivity index (χ1v) is 5.69. The van der Waals surface area contributed by atoms with Crippen LogP contribution in [0.1, 0.15) is 12.8 Å². The van der Waals surface area contributed by atoms with Crippen LogP contribution in [-0.4, -0.2) is 80.5 Å². The van der Waals surface area contributed by atoms with E-state index in [4.69, 9.17) is 5.73 Å². The summed E-state index contributed by atoms with van der Waals surface area (Å²) in [6, 6.07) is 0. The molecule has 3 N–H and O–H groups in total. The standard InChI is InChI=1S/C11H28N4O/c1-13(2)11(14(3)4,15(5)6)8-7-10(16)9-12/h10,16H,7-9,12H2,1-6H3. The second kappa shape index (κ2) is 6.51. The maximum Gasteiger partial charge on any atom is 0.129 e. The normalized spacial score (nSPS) is 15.2. The predicted molar refractivity (Wildman–Crippen MR) is 68.1 cm³/mol. The molecule has 5 nitrogen and oxygen atoms in total. The van der Waals surface area contributed by atoms with Gasteiger partial charge in [0.2, 0.25) is 0 Å². The number of rotatable bonds is 7. The summed E-state index contributed by atoms with van der Waals surface area (Å²) in [7, 11) is 12.3. The van der Waals surface area contributed by atoms with Crippen LogP contribution < -0.4 is 5.73 Å². The fourth-order valence-electron chi connectivity index (χ4n) is 2.35. The Balaban J connectivity index is 4.77. The SMILES string of the molecule is CN(C)C(CCC(O)CN)(N(C)C)N(C)C. The second-order valence-corrected chi connectivity index (χ2v) is 4.89. The van der Waals surface area contributed by atoms with Crippen LogP contribution in [0, 0.1) is 0 Å². The molecule has 0 aromatic heterocycles. The van der Waals surface area contributed by atoms with Crippen molar-refractivity contribution in [1.82, 2.24) is 14.7 Å². The Morgan fingerprint density at radius 3 is 1.62 bits per heavy atom. The van der Waals surface area contributed by atoms with Gasteiger partial charge in [-0.25, -0.2) is 0 Å². The van der Waals surface area contributed by atoms with E-state index < -0.39 is 6.10 Å². The van der Waals surface area contributed by atoms with Crippen molar-refractivity contribution in [1.29, 1.82) is 0 Å². The summed E-state index contributed by atoms with van der Waals surface area (Å²) in [5.74, 6) is -0.184. The molecule has 0 aliphatic rings. The van der Waals surface area contributed by atoms with Gasteiger partial charge in [-0.3, -0.25) is 14.7 Å². The Kier molecular flexibility index (Phi) is 6.43. The molecular weight excluding hydrogens is 204 g/mol. The highest BCUT2D eigenvalue weighted by molar-refractivity contribution is 4.83. The molecule has 0 radical (unpaired) electrons. The molecule has 0 aliphatic carbocycles. The first kappa shape index (κ1) is 15.8. The van der Waals surface area contributed by atoms with E-state index in [1.165, 1.54) is 0 Å². The molecule has 0 bridgehead atoms. The van der Waals surface area contributed by atoms with E-state index in [0.717, 1.165) is 6.42 Å². The fraction of sp³-hybridized carbons (Fsp3) is 1.00. The van der Waals surface area contributed by atoms with Gasteiger partial charge < -0.3 is 10.8 Å². The average molecular weight is 232 g/mol. The zero-order chi connectivity index (χ0) is 12.9. The van der Waals surface area contributed by atoms with Crippen LogP contribution >= 0.6 is 0 Å². The lowest BCUT2D eigenvalue weighted by atomic mass is 10.1. The fourth-order valence-corrected chi connectivity index (χ4v) is 2.35. The molecule has 98 valence electrons. The molecule has 0 saturated carbocycles. The lowest BCUT2D eigenvalue weighted by Gasteiger charge is -2.50. The Labute approximate surface area is 99.8 Å². The summed E-state index contributed by atoms with van der Waals surface area (Å²) in [4.78, 5) is 6.49. The van der Waals surface area contributed by atoms with Gasteiger partial charge in [0.15, 0.2) is 0 Å². The summed E-state index contributed by atoms with van der Waals surface area (Å²) >= 11 is 0. The summed E-state index contributed by atoms with van der Waals surface area (Å²) in [6.07, 6.45) is 1.13. The van der Waals surface area contributed by atoms with Crippen molar-refractivity contribution in [3.05, 3.63) is 0 Å². The summed E-state index contributed by atoms with van der Waals surface area (Å²) in [6.45, 7) is 0.324. The minimum Gasteiger partial charge on any atom is -0.392 e. The molecule has 0 saturated heterocycles. The average Bonchev–Trinajstić information content (AvgIpc) is 2.16.